The first-order valence-electron chi connectivity index (χ1n) is 5.99. The van der Waals surface area contributed by atoms with Crippen molar-refractivity contribution in [1.82, 2.24) is 0 Å². The van der Waals surface area contributed by atoms with Crippen molar-refractivity contribution in [3.05, 3.63) is 36.1 Å². The van der Waals surface area contributed by atoms with Gasteiger partial charge in [0.2, 0.25) is 0 Å². The van der Waals surface area contributed by atoms with E-state index >= 15 is 0 Å². The molecule has 0 aliphatic rings. The van der Waals surface area contributed by atoms with Gasteiger partial charge in [0.1, 0.15) is 17.1 Å². The summed E-state index contributed by atoms with van der Waals surface area (Å²) in [5, 5.41) is 0.970. The van der Waals surface area contributed by atoms with Crippen LogP contribution >= 0.6 is 0 Å². The Kier molecular flexibility index (Phi) is 3.32. The topological polar surface area (TPSA) is 47.3 Å². The highest BCUT2D eigenvalue weighted by molar-refractivity contribution is 6.01. The minimum atomic E-state index is -0.592. The first kappa shape index (κ1) is 12.6. The van der Waals surface area contributed by atoms with E-state index < -0.39 is 5.92 Å². The monoisotopic (exact) mass is 244 g/mol. The normalized spacial score (nSPS) is 12.9. The lowest BCUT2D eigenvalue weighted by Crippen LogP contribution is -2.25. The zero-order valence-corrected chi connectivity index (χ0v) is 10.8. The SMILES string of the molecule is CC(=O)C(C(C)=O)C(C)c1coc2ccccc12. The van der Waals surface area contributed by atoms with Crippen molar-refractivity contribution in [1.29, 1.82) is 0 Å². The molecule has 0 amide bonds. The van der Waals surface area contributed by atoms with Crippen molar-refractivity contribution in [3.63, 3.8) is 0 Å². The molecule has 1 atom stereocenters. The molecule has 3 heteroatoms. The summed E-state index contributed by atoms with van der Waals surface area (Å²) in [6.07, 6.45) is 1.65. The second kappa shape index (κ2) is 4.77. The number of para-hydroxylation sites is 1. The molecule has 2 aromatic rings. The molecule has 1 heterocycles. The van der Waals surface area contributed by atoms with Gasteiger partial charge in [-0.05, 0) is 19.9 Å². The van der Waals surface area contributed by atoms with Gasteiger partial charge >= 0.3 is 0 Å². The predicted octanol–water partition coefficient (Wildman–Crippen LogP) is 3.33. The van der Waals surface area contributed by atoms with E-state index in [0.717, 1.165) is 16.5 Å². The lowest BCUT2D eigenvalue weighted by Gasteiger charge is -2.17. The zero-order chi connectivity index (χ0) is 13.3. The molecule has 94 valence electrons. The van der Waals surface area contributed by atoms with Crippen molar-refractivity contribution >= 4 is 22.5 Å². The first-order chi connectivity index (χ1) is 8.52. The van der Waals surface area contributed by atoms with Gasteiger partial charge in [0.05, 0.1) is 12.2 Å². The van der Waals surface area contributed by atoms with Crippen LogP contribution in [0.1, 0.15) is 32.3 Å². The number of ketones is 2. The number of hydrogen-bond acceptors (Lipinski definition) is 3. The second-order valence-corrected chi connectivity index (χ2v) is 4.67. The summed E-state index contributed by atoms with van der Waals surface area (Å²) in [6, 6.07) is 7.64. The molecule has 0 fully saturated rings. The molecule has 0 saturated carbocycles. The van der Waals surface area contributed by atoms with Gasteiger partial charge in [-0.15, -0.1) is 0 Å². The molecule has 18 heavy (non-hydrogen) atoms. The smallest absolute Gasteiger partial charge is 0.140 e. The van der Waals surface area contributed by atoms with Crippen LogP contribution in [0, 0.1) is 5.92 Å². The number of furan rings is 1. The first-order valence-corrected chi connectivity index (χ1v) is 5.99. The Hall–Kier alpha value is -1.90. The lowest BCUT2D eigenvalue weighted by atomic mass is 9.82. The van der Waals surface area contributed by atoms with Crippen LogP contribution < -0.4 is 0 Å². The van der Waals surface area contributed by atoms with Crippen LogP contribution in [0.15, 0.2) is 34.9 Å². The van der Waals surface area contributed by atoms with E-state index in [0.29, 0.717) is 0 Å². The summed E-state index contributed by atoms with van der Waals surface area (Å²) >= 11 is 0. The molecule has 0 aliphatic carbocycles. The molecule has 1 aromatic carbocycles. The van der Waals surface area contributed by atoms with Gasteiger partial charge < -0.3 is 4.42 Å². The highest BCUT2D eigenvalue weighted by Gasteiger charge is 2.29. The molecule has 0 saturated heterocycles. The molecule has 0 bridgehead atoms. The number of carbonyl (C=O) groups excluding carboxylic acids is 2. The number of carbonyl (C=O) groups is 2. The summed E-state index contributed by atoms with van der Waals surface area (Å²) in [4.78, 5) is 23.2. The number of fused-ring (bicyclic) bond motifs is 1. The van der Waals surface area contributed by atoms with Crippen LogP contribution in [0.25, 0.3) is 11.0 Å². The van der Waals surface area contributed by atoms with Gasteiger partial charge in [-0.2, -0.15) is 0 Å². The third-order valence-electron chi connectivity index (χ3n) is 3.38. The third-order valence-corrected chi connectivity index (χ3v) is 3.38. The van der Waals surface area contributed by atoms with Gasteiger partial charge in [0.15, 0.2) is 0 Å². The maximum absolute atomic E-state index is 11.6. The second-order valence-electron chi connectivity index (χ2n) is 4.67. The van der Waals surface area contributed by atoms with Crippen molar-refractivity contribution in [2.75, 3.05) is 0 Å². The fourth-order valence-electron chi connectivity index (χ4n) is 2.52. The van der Waals surface area contributed by atoms with Gasteiger partial charge in [0.25, 0.3) is 0 Å². The molecule has 1 aromatic heterocycles. The summed E-state index contributed by atoms with van der Waals surface area (Å²) in [6.45, 7) is 4.82. The van der Waals surface area contributed by atoms with Crippen molar-refractivity contribution in [2.45, 2.75) is 26.7 Å². The third kappa shape index (κ3) is 2.08. The number of benzene rings is 1. The van der Waals surface area contributed by atoms with E-state index in [9.17, 15) is 9.59 Å². The highest BCUT2D eigenvalue weighted by atomic mass is 16.3. The van der Waals surface area contributed by atoms with E-state index in [4.69, 9.17) is 4.42 Å². The largest absolute Gasteiger partial charge is 0.464 e. The Morgan fingerprint density at radius 3 is 2.33 bits per heavy atom. The van der Waals surface area contributed by atoms with Crippen LogP contribution in [0.3, 0.4) is 0 Å². The van der Waals surface area contributed by atoms with E-state index in [1.807, 2.05) is 31.2 Å². The van der Waals surface area contributed by atoms with Crippen molar-refractivity contribution in [2.24, 2.45) is 5.92 Å². The fraction of sp³-hybridized carbons (Fsp3) is 0.333. The standard InChI is InChI=1S/C15H16O3/c1-9(15(10(2)16)11(3)17)13-8-18-14-7-5-4-6-12(13)14/h4-9,15H,1-3H3. The van der Waals surface area contributed by atoms with Crippen LogP contribution in [0.5, 0.6) is 0 Å². The van der Waals surface area contributed by atoms with Gasteiger partial charge in [-0.3, -0.25) is 9.59 Å². The number of rotatable bonds is 4. The van der Waals surface area contributed by atoms with Crippen LogP contribution in [0.2, 0.25) is 0 Å². The van der Waals surface area contributed by atoms with E-state index in [-0.39, 0.29) is 17.5 Å². The maximum atomic E-state index is 11.6. The Labute approximate surface area is 106 Å². The van der Waals surface area contributed by atoms with Gasteiger partial charge in [0, 0.05) is 16.9 Å². The number of hydrogen-bond donors (Lipinski definition) is 0. The Morgan fingerprint density at radius 1 is 1.11 bits per heavy atom. The highest BCUT2D eigenvalue weighted by Crippen LogP contribution is 2.32. The average Bonchev–Trinajstić information content (AvgIpc) is 2.71. The van der Waals surface area contributed by atoms with Gasteiger partial charge in [-0.1, -0.05) is 25.1 Å². The minimum Gasteiger partial charge on any atom is -0.464 e. The van der Waals surface area contributed by atoms with Crippen LogP contribution in [-0.4, -0.2) is 11.6 Å². The zero-order valence-electron chi connectivity index (χ0n) is 10.8. The fourth-order valence-corrected chi connectivity index (χ4v) is 2.52. The summed E-state index contributed by atoms with van der Waals surface area (Å²) in [7, 11) is 0. The quantitative estimate of drug-likeness (QED) is 0.775. The molecule has 0 spiro atoms. The predicted molar refractivity (Wildman–Crippen MR) is 69.5 cm³/mol. The van der Waals surface area contributed by atoms with Crippen LogP contribution in [-0.2, 0) is 9.59 Å². The maximum Gasteiger partial charge on any atom is 0.140 e. The Bertz CT molecular complexity index is 581. The van der Waals surface area contributed by atoms with Crippen LogP contribution in [0.4, 0.5) is 0 Å². The molecular formula is C15H16O3. The molecular weight excluding hydrogens is 228 g/mol. The van der Waals surface area contributed by atoms with E-state index in [2.05, 4.69) is 0 Å². The lowest BCUT2D eigenvalue weighted by molar-refractivity contribution is -0.131. The Morgan fingerprint density at radius 2 is 1.72 bits per heavy atom. The Balaban J connectivity index is 2.47. The summed E-state index contributed by atoms with van der Waals surface area (Å²) in [5.41, 5.74) is 1.70. The van der Waals surface area contributed by atoms with Crippen molar-refractivity contribution < 1.29 is 14.0 Å². The van der Waals surface area contributed by atoms with E-state index in [1.54, 1.807) is 6.26 Å². The molecule has 1 unspecified atom stereocenters. The summed E-state index contributed by atoms with van der Waals surface area (Å²) < 4.78 is 5.46. The van der Waals surface area contributed by atoms with Crippen molar-refractivity contribution in [3.8, 4) is 0 Å². The van der Waals surface area contributed by atoms with E-state index in [1.165, 1.54) is 13.8 Å². The molecule has 0 aliphatic heterocycles. The average molecular weight is 244 g/mol. The minimum absolute atomic E-state index is 0.0970. The molecule has 0 N–H and O–H groups in total. The van der Waals surface area contributed by atoms with Gasteiger partial charge in [-0.25, -0.2) is 0 Å². The molecule has 3 nitrogen and oxygen atoms in total. The molecule has 0 radical (unpaired) electrons. The number of Topliss-reactive ketones (excluding diaryl/α,β-unsaturated/α-hetero) is 2. The summed E-state index contributed by atoms with van der Waals surface area (Å²) in [5.74, 6) is -0.949. The molecule has 2 rings (SSSR count).